The predicted molar refractivity (Wildman–Crippen MR) is 228 cm³/mol. The Bertz CT molecular complexity index is 1180. The Hall–Kier alpha value is -3.93. The molecule has 0 spiro atoms. The van der Waals surface area contributed by atoms with Gasteiger partial charge in [-0.25, -0.2) is 0 Å². The molecule has 0 aliphatic heterocycles. The highest BCUT2D eigenvalue weighted by Crippen LogP contribution is 2.11. The van der Waals surface area contributed by atoms with E-state index in [0.29, 0.717) is 12.8 Å². The minimum absolute atomic E-state index is 0.123. The van der Waals surface area contributed by atoms with Crippen molar-refractivity contribution < 1.29 is 28.6 Å². The molecular formula is C48H74O6. The third-order valence-corrected chi connectivity index (χ3v) is 8.10. The number of unbranched alkanes of at least 4 members (excludes halogenated alkanes) is 9. The summed E-state index contributed by atoms with van der Waals surface area (Å²) in [6, 6.07) is 0. The number of ether oxygens (including phenoxy) is 3. The maximum absolute atomic E-state index is 12.7. The van der Waals surface area contributed by atoms with Crippen LogP contribution in [0.2, 0.25) is 0 Å². The van der Waals surface area contributed by atoms with E-state index in [1.165, 1.54) is 0 Å². The second kappa shape index (κ2) is 41.8. The van der Waals surface area contributed by atoms with Gasteiger partial charge in [0.05, 0.1) is 0 Å². The van der Waals surface area contributed by atoms with Crippen LogP contribution in [0.1, 0.15) is 156 Å². The largest absolute Gasteiger partial charge is 0.462 e. The summed E-state index contributed by atoms with van der Waals surface area (Å²) < 4.78 is 16.6. The van der Waals surface area contributed by atoms with Crippen LogP contribution < -0.4 is 0 Å². The zero-order valence-corrected chi connectivity index (χ0v) is 34.2. The molecule has 0 fully saturated rings. The number of allylic oxidation sites excluding steroid dienone is 18. The van der Waals surface area contributed by atoms with E-state index in [9.17, 15) is 14.4 Å². The summed E-state index contributed by atoms with van der Waals surface area (Å²) in [6.45, 7) is 6.12. The van der Waals surface area contributed by atoms with Crippen LogP contribution in [0.5, 0.6) is 0 Å². The van der Waals surface area contributed by atoms with Crippen LogP contribution in [0.3, 0.4) is 0 Å². The van der Waals surface area contributed by atoms with Gasteiger partial charge in [-0.2, -0.15) is 0 Å². The molecule has 0 N–H and O–H groups in total. The molecule has 54 heavy (non-hydrogen) atoms. The molecular weight excluding hydrogens is 673 g/mol. The molecule has 0 radical (unpaired) electrons. The molecule has 1 atom stereocenters. The summed E-state index contributed by atoms with van der Waals surface area (Å²) in [4.78, 5) is 37.6. The van der Waals surface area contributed by atoms with Crippen LogP contribution in [0.15, 0.2) is 109 Å². The van der Waals surface area contributed by atoms with E-state index in [-0.39, 0.29) is 44.0 Å². The van der Waals surface area contributed by atoms with Gasteiger partial charge in [0.1, 0.15) is 13.2 Å². The minimum atomic E-state index is -0.820. The van der Waals surface area contributed by atoms with Gasteiger partial charge in [-0.05, 0) is 89.9 Å². The quantitative estimate of drug-likeness (QED) is 0.0211. The summed E-state index contributed by atoms with van der Waals surface area (Å²) in [7, 11) is 0. The molecule has 0 heterocycles. The van der Waals surface area contributed by atoms with Gasteiger partial charge in [0.15, 0.2) is 6.10 Å². The van der Waals surface area contributed by atoms with E-state index >= 15 is 0 Å². The predicted octanol–water partition coefficient (Wildman–Crippen LogP) is 13.2. The second-order valence-corrected chi connectivity index (χ2v) is 13.2. The number of carbonyl (C=O) groups is 3. The van der Waals surface area contributed by atoms with E-state index in [2.05, 4.69) is 93.7 Å². The Balaban J connectivity index is 4.57. The van der Waals surface area contributed by atoms with E-state index < -0.39 is 6.10 Å². The van der Waals surface area contributed by atoms with Gasteiger partial charge in [0.25, 0.3) is 0 Å². The van der Waals surface area contributed by atoms with E-state index in [4.69, 9.17) is 14.2 Å². The lowest BCUT2D eigenvalue weighted by Crippen LogP contribution is -2.30. The Morgan fingerprint density at radius 3 is 1.35 bits per heavy atom. The zero-order valence-electron chi connectivity index (χ0n) is 34.2. The molecule has 0 aromatic heterocycles. The van der Waals surface area contributed by atoms with Gasteiger partial charge in [-0.3, -0.25) is 14.4 Å². The van der Waals surface area contributed by atoms with Gasteiger partial charge >= 0.3 is 17.9 Å². The molecule has 302 valence electrons. The molecule has 0 saturated heterocycles. The fourth-order valence-corrected chi connectivity index (χ4v) is 5.04. The average molecular weight is 747 g/mol. The molecule has 0 aliphatic carbocycles. The molecule has 0 aliphatic rings. The maximum atomic E-state index is 12.7. The molecule has 0 amide bonds. The lowest BCUT2D eigenvalue weighted by Gasteiger charge is -2.18. The first-order valence-electron chi connectivity index (χ1n) is 20.9. The highest BCUT2D eigenvalue weighted by atomic mass is 16.6. The van der Waals surface area contributed by atoms with Crippen molar-refractivity contribution in [3.63, 3.8) is 0 Å². The molecule has 0 rings (SSSR count). The van der Waals surface area contributed by atoms with Crippen molar-refractivity contribution in [1.82, 2.24) is 0 Å². The number of esters is 3. The van der Waals surface area contributed by atoms with Crippen LogP contribution in [0, 0.1) is 0 Å². The van der Waals surface area contributed by atoms with Crippen LogP contribution in [0.25, 0.3) is 0 Å². The van der Waals surface area contributed by atoms with Crippen molar-refractivity contribution in [2.75, 3.05) is 13.2 Å². The number of rotatable bonds is 35. The summed E-state index contributed by atoms with van der Waals surface area (Å²) in [5.41, 5.74) is 0. The summed E-state index contributed by atoms with van der Waals surface area (Å²) >= 11 is 0. The van der Waals surface area contributed by atoms with Crippen molar-refractivity contribution in [2.45, 2.75) is 162 Å². The highest BCUT2D eigenvalue weighted by Gasteiger charge is 2.19. The average Bonchev–Trinajstić information content (AvgIpc) is 3.17. The van der Waals surface area contributed by atoms with Crippen molar-refractivity contribution >= 4 is 17.9 Å². The Morgan fingerprint density at radius 2 is 0.778 bits per heavy atom. The Labute approximate surface area is 330 Å². The molecule has 0 bridgehead atoms. The first-order valence-corrected chi connectivity index (χ1v) is 20.9. The van der Waals surface area contributed by atoms with Crippen molar-refractivity contribution in [3.05, 3.63) is 109 Å². The number of hydrogen-bond donors (Lipinski definition) is 0. The standard InChI is InChI=1S/C48H74O6/c1-4-7-10-13-16-19-22-24-27-29-32-35-38-41-47(50)53-44-45(43-52-46(49)40-37-34-31-28-25-21-18-15-12-9-6-3)54-48(51)42-39-36-33-30-26-23-20-17-14-11-8-5-2/h7-13,16-22,24,27-28,31,45H,4-6,14-15,23,25-26,29-30,32-44H2,1-3H3/b10-7-,11-8-,12-9-,16-13-,20-17-,21-18-,22-19-,27-24-,31-28-. The van der Waals surface area contributed by atoms with E-state index in [0.717, 1.165) is 109 Å². The molecule has 1 unspecified atom stereocenters. The number of hydrogen-bond acceptors (Lipinski definition) is 6. The van der Waals surface area contributed by atoms with Crippen molar-refractivity contribution in [2.24, 2.45) is 0 Å². The highest BCUT2D eigenvalue weighted by molar-refractivity contribution is 5.71. The monoisotopic (exact) mass is 747 g/mol. The lowest BCUT2D eigenvalue weighted by atomic mass is 10.1. The summed E-state index contributed by atoms with van der Waals surface area (Å²) in [6.07, 6.45) is 55.1. The first-order chi connectivity index (χ1) is 26.5. The number of carbonyl (C=O) groups excluding carboxylic acids is 3. The third-order valence-electron chi connectivity index (χ3n) is 8.10. The normalized spacial score (nSPS) is 13.2. The molecule has 6 heteroatoms. The van der Waals surface area contributed by atoms with Crippen molar-refractivity contribution in [1.29, 1.82) is 0 Å². The summed E-state index contributed by atoms with van der Waals surface area (Å²) in [5.74, 6) is -1.05. The fourth-order valence-electron chi connectivity index (χ4n) is 5.04. The maximum Gasteiger partial charge on any atom is 0.306 e. The van der Waals surface area contributed by atoms with Crippen LogP contribution in [0.4, 0.5) is 0 Å². The van der Waals surface area contributed by atoms with Gasteiger partial charge in [0.2, 0.25) is 0 Å². The van der Waals surface area contributed by atoms with Crippen LogP contribution in [-0.4, -0.2) is 37.2 Å². The van der Waals surface area contributed by atoms with Crippen LogP contribution in [-0.2, 0) is 28.6 Å². The van der Waals surface area contributed by atoms with Crippen LogP contribution >= 0.6 is 0 Å². The molecule has 6 nitrogen and oxygen atoms in total. The van der Waals surface area contributed by atoms with Gasteiger partial charge < -0.3 is 14.2 Å². The first kappa shape index (κ1) is 50.1. The fraction of sp³-hybridized carbons (Fsp3) is 0.562. The van der Waals surface area contributed by atoms with Crippen molar-refractivity contribution in [3.8, 4) is 0 Å². The summed E-state index contributed by atoms with van der Waals surface area (Å²) in [5, 5.41) is 0. The Morgan fingerprint density at radius 1 is 0.389 bits per heavy atom. The molecule has 0 aromatic carbocycles. The topological polar surface area (TPSA) is 78.9 Å². The zero-order chi connectivity index (χ0) is 39.4. The third kappa shape index (κ3) is 39.3. The van der Waals surface area contributed by atoms with E-state index in [1.807, 2.05) is 36.5 Å². The smallest absolute Gasteiger partial charge is 0.306 e. The van der Waals surface area contributed by atoms with E-state index in [1.54, 1.807) is 0 Å². The molecule has 0 aromatic rings. The molecule has 0 saturated carbocycles. The Kier molecular flexibility index (Phi) is 38.8. The lowest BCUT2D eigenvalue weighted by molar-refractivity contribution is -0.167. The SMILES string of the molecule is CC\C=C/C=C\C=C/C=C\CCCCCC(=O)OCC(COC(=O)CCC/C=C\C/C=C\C/C=C\CC)OC(=O)CCCCCCC/C=C\C/C=C\CC. The second-order valence-electron chi connectivity index (χ2n) is 13.2. The van der Waals surface area contributed by atoms with Gasteiger partial charge in [-0.1, -0.05) is 156 Å². The van der Waals surface area contributed by atoms with Gasteiger partial charge in [-0.15, -0.1) is 0 Å². The minimum Gasteiger partial charge on any atom is -0.462 e. The van der Waals surface area contributed by atoms with Gasteiger partial charge in [0, 0.05) is 19.3 Å².